The fourth-order valence-electron chi connectivity index (χ4n) is 9.07. The van der Waals surface area contributed by atoms with Gasteiger partial charge in [0.2, 0.25) is 0 Å². The molecular weight excluding hydrogens is 585 g/mol. The standard InChI is InChI=1S/C30H46O6S4/c1-16-18(31)14-30(33)17(2)23-28(5)15-34-19(28)13-20(35-25-37-9-7-10-38-25)29(23,6)24(32)22(21(16)27(30,3)4)36-26-39-11-8-12-40-26/h17-20,22-23,25-26,31,33H,7-15H2,1-6H3/t17-,18-,19+,20-,22+,23+,28+,29+,30+/m0/s1. The van der Waals surface area contributed by atoms with Crippen molar-refractivity contribution in [1.82, 2.24) is 0 Å². The number of aliphatic hydroxyl groups excluding tert-OH is 1. The Bertz CT molecular complexity index is 1040. The van der Waals surface area contributed by atoms with Crippen molar-refractivity contribution in [2.45, 2.75) is 107 Å². The maximum atomic E-state index is 15.4. The van der Waals surface area contributed by atoms with Crippen molar-refractivity contribution in [2.75, 3.05) is 29.6 Å². The fourth-order valence-corrected chi connectivity index (χ4v) is 14.2. The lowest BCUT2D eigenvalue weighted by Gasteiger charge is -2.69. The lowest BCUT2D eigenvalue weighted by molar-refractivity contribution is -0.306. The number of hydrogen-bond acceptors (Lipinski definition) is 10. The monoisotopic (exact) mass is 630 g/mol. The summed E-state index contributed by atoms with van der Waals surface area (Å²) in [5.74, 6) is 3.71. The third kappa shape index (κ3) is 4.46. The second kappa shape index (κ2) is 10.9. The molecule has 6 nitrogen and oxygen atoms in total. The smallest absolute Gasteiger partial charge is 0.174 e. The Hall–Kier alpha value is 0.610. The number of ketones is 1. The van der Waals surface area contributed by atoms with Gasteiger partial charge >= 0.3 is 0 Å². The van der Waals surface area contributed by atoms with Crippen LogP contribution in [-0.2, 0) is 19.0 Å². The van der Waals surface area contributed by atoms with E-state index in [0.717, 1.165) is 40.6 Å². The van der Waals surface area contributed by atoms with Gasteiger partial charge in [-0.1, -0.05) is 27.7 Å². The maximum Gasteiger partial charge on any atom is 0.174 e. The molecule has 0 aromatic rings. The number of ether oxygens (including phenoxy) is 3. The molecule has 0 aromatic carbocycles. The van der Waals surface area contributed by atoms with E-state index in [2.05, 4.69) is 34.6 Å². The molecule has 5 fully saturated rings. The van der Waals surface area contributed by atoms with Gasteiger partial charge in [-0.3, -0.25) is 4.79 Å². The Morgan fingerprint density at radius 2 is 1.52 bits per heavy atom. The van der Waals surface area contributed by atoms with Crippen molar-refractivity contribution in [3.05, 3.63) is 11.1 Å². The number of Topliss-reactive ketones (excluding diaryl/α,β-unsaturated/α-hetero) is 1. The molecule has 3 heterocycles. The first-order valence-corrected chi connectivity index (χ1v) is 19.1. The fraction of sp³-hybridized carbons (Fsp3) is 0.900. The molecule has 0 unspecified atom stereocenters. The average molecular weight is 631 g/mol. The van der Waals surface area contributed by atoms with Crippen molar-refractivity contribution in [1.29, 1.82) is 0 Å². The van der Waals surface area contributed by atoms with Crippen molar-refractivity contribution in [2.24, 2.45) is 28.1 Å². The largest absolute Gasteiger partial charge is 0.389 e. The highest BCUT2D eigenvalue weighted by atomic mass is 32.2. The summed E-state index contributed by atoms with van der Waals surface area (Å²) in [7, 11) is 0. The molecule has 6 rings (SSSR count). The topological polar surface area (TPSA) is 85.2 Å². The number of aliphatic hydroxyl groups is 2. The second-order valence-corrected chi connectivity index (χ2v) is 19.0. The highest BCUT2D eigenvalue weighted by molar-refractivity contribution is 8.17. The van der Waals surface area contributed by atoms with Crippen LogP contribution >= 0.6 is 47.0 Å². The van der Waals surface area contributed by atoms with Gasteiger partial charge in [-0.25, -0.2) is 0 Å². The van der Waals surface area contributed by atoms with E-state index in [4.69, 9.17) is 14.2 Å². The molecule has 3 saturated heterocycles. The minimum atomic E-state index is -1.23. The van der Waals surface area contributed by atoms with Crippen molar-refractivity contribution in [3.63, 3.8) is 0 Å². The number of rotatable bonds is 4. The molecule has 40 heavy (non-hydrogen) atoms. The molecule has 6 aliphatic rings. The quantitative estimate of drug-likeness (QED) is 0.386. The molecule has 0 spiro atoms. The van der Waals surface area contributed by atoms with Gasteiger partial charge in [0.15, 0.2) is 10.6 Å². The zero-order chi connectivity index (χ0) is 28.7. The van der Waals surface area contributed by atoms with Crippen LogP contribution in [0, 0.1) is 28.1 Å². The van der Waals surface area contributed by atoms with Crippen LogP contribution in [0.25, 0.3) is 0 Å². The van der Waals surface area contributed by atoms with E-state index in [1.165, 1.54) is 6.42 Å². The van der Waals surface area contributed by atoms with Gasteiger partial charge < -0.3 is 24.4 Å². The SMILES string of the molecule is CC1=C2[C@@H](OC3SCCCS3)C(=O)[C@]3(C)[C@@H](OC4SCCCS4)C[C@H]4OC[C@@]4(C)[C@H]3[C@H](C)[C@](O)(C[C@@H]1O)C2(C)C. The summed E-state index contributed by atoms with van der Waals surface area (Å²) in [6, 6.07) is 0. The molecule has 10 heteroatoms. The van der Waals surface area contributed by atoms with Crippen LogP contribution in [0.1, 0.15) is 67.2 Å². The number of carbonyl (C=O) groups excluding carboxylic acids is 1. The summed E-state index contributed by atoms with van der Waals surface area (Å²) in [6.07, 6.45) is 1.18. The Morgan fingerprint density at radius 3 is 2.08 bits per heavy atom. The molecule has 3 aliphatic carbocycles. The van der Waals surface area contributed by atoms with Gasteiger partial charge in [-0.2, -0.15) is 0 Å². The third-order valence-corrected chi connectivity index (χ3v) is 16.6. The van der Waals surface area contributed by atoms with E-state index >= 15 is 4.79 Å². The first-order chi connectivity index (χ1) is 18.9. The second-order valence-electron chi connectivity index (χ2n) is 13.7. The van der Waals surface area contributed by atoms with Crippen molar-refractivity contribution < 1.29 is 29.2 Å². The maximum absolute atomic E-state index is 15.4. The molecule has 0 amide bonds. The summed E-state index contributed by atoms with van der Waals surface area (Å²) in [5, 5.41) is 24.2. The van der Waals surface area contributed by atoms with Gasteiger partial charge in [-0.05, 0) is 72.7 Å². The van der Waals surface area contributed by atoms with Crippen LogP contribution in [0.2, 0.25) is 0 Å². The predicted octanol–water partition coefficient (Wildman–Crippen LogP) is 5.55. The molecule has 3 aliphatic heterocycles. The molecule has 2 N–H and O–H groups in total. The zero-order valence-corrected chi connectivity index (χ0v) is 27.9. The van der Waals surface area contributed by atoms with Gasteiger partial charge in [0, 0.05) is 23.7 Å². The van der Waals surface area contributed by atoms with Crippen LogP contribution in [0.3, 0.4) is 0 Å². The van der Waals surface area contributed by atoms with Crippen LogP contribution in [0.4, 0.5) is 0 Å². The zero-order valence-electron chi connectivity index (χ0n) is 24.6. The number of hydrogen-bond donors (Lipinski definition) is 2. The van der Waals surface area contributed by atoms with Crippen LogP contribution in [0.15, 0.2) is 11.1 Å². The summed E-state index contributed by atoms with van der Waals surface area (Å²) >= 11 is 7.17. The summed E-state index contributed by atoms with van der Waals surface area (Å²) in [5.41, 5.74) is -1.62. The molecule has 2 saturated carbocycles. The first kappa shape index (κ1) is 30.6. The summed E-state index contributed by atoms with van der Waals surface area (Å²) < 4.78 is 19.8. The lowest BCUT2D eigenvalue weighted by Crippen LogP contribution is -2.75. The Labute approximate surface area is 256 Å². The highest BCUT2D eigenvalue weighted by Gasteiger charge is 2.73. The van der Waals surface area contributed by atoms with E-state index in [1.807, 2.05) is 30.4 Å². The van der Waals surface area contributed by atoms with Crippen LogP contribution < -0.4 is 0 Å². The van der Waals surface area contributed by atoms with Gasteiger partial charge in [0.25, 0.3) is 0 Å². The number of thioether (sulfide) groups is 4. The minimum absolute atomic E-state index is 0.0140. The van der Waals surface area contributed by atoms with Gasteiger partial charge in [0.1, 0.15) is 10.9 Å². The van der Waals surface area contributed by atoms with Crippen molar-refractivity contribution in [3.8, 4) is 0 Å². The Balaban J connectivity index is 1.52. The number of carbonyl (C=O) groups is 1. The molecule has 0 aromatic heterocycles. The van der Waals surface area contributed by atoms with E-state index in [9.17, 15) is 10.2 Å². The van der Waals surface area contributed by atoms with E-state index in [0.29, 0.717) is 13.0 Å². The molecule has 226 valence electrons. The van der Waals surface area contributed by atoms with Crippen molar-refractivity contribution >= 4 is 52.8 Å². The van der Waals surface area contributed by atoms with E-state index in [1.54, 1.807) is 23.5 Å². The Kier molecular flexibility index (Phi) is 8.34. The molecule has 0 radical (unpaired) electrons. The van der Waals surface area contributed by atoms with Gasteiger partial charge in [0.05, 0.1) is 35.9 Å². The summed E-state index contributed by atoms with van der Waals surface area (Å²) in [4.78, 5) is 15.4. The van der Waals surface area contributed by atoms with Crippen LogP contribution in [0.5, 0.6) is 0 Å². The predicted molar refractivity (Wildman–Crippen MR) is 167 cm³/mol. The Morgan fingerprint density at radius 1 is 0.950 bits per heavy atom. The normalized spacial score (nSPS) is 48.0. The lowest BCUT2D eigenvalue weighted by atomic mass is 9.40. The number of fused-ring (bicyclic) bond motifs is 5. The molecule has 2 bridgehead atoms. The molecule has 9 atom stereocenters. The highest BCUT2D eigenvalue weighted by Crippen LogP contribution is 2.67. The summed E-state index contributed by atoms with van der Waals surface area (Å²) in [6.45, 7) is 13.1. The first-order valence-electron chi connectivity index (χ1n) is 14.9. The minimum Gasteiger partial charge on any atom is -0.389 e. The average Bonchev–Trinajstić information content (AvgIpc) is 2.92. The van der Waals surface area contributed by atoms with Gasteiger partial charge in [-0.15, -0.1) is 47.0 Å². The molecular formula is C30H46O6S4. The van der Waals surface area contributed by atoms with Crippen LogP contribution in [-0.4, -0.2) is 85.2 Å². The van der Waals surface area contributed by atoms with E-state index < -0.39 is 28.6 Å². The van der Waals surface area contributed by atoms with E-state index in [-0.39, 0.29) is 51.2 Å². The third-order valence-electron chi connectivity index (χ3n) is 11.4.